The quantitative estimate of drug-likeness (QED) is 0.883. The Labute approximate surface area is 116 Å². The predicted octanol–water partition coefficient (Wildman–Crippen LogP) is 3.33. The Hall–Kier alpha value is -1.32. The third kappa shape index (κ3) is 3.17. The number of hydrogen-bond acceptors (Lipinski definition) is 4. The minimum absolute atomic E-state index is 0.451. The van der Waals surface area contributed by atoms with Crippen LogP contribution in [0.3, 0.4) is 0 Å². The fourth-order valence-electron chi connectivity index (χ4n) is 2.69. The number of nitrogens with one attached hydrogen (secondary N) is 1. The Morgan fingerprint density at radius 1 is 1.21 bits per heavy atom. The summed E-state index contributed by atoms with van der Waals surface area (Å²) >= 11 is 0. The molecule has 0 atom stereocenters. The van der Waals surface area contributed by atoms with Gasteiger partial charge < -0.3 is 10.2 Å². The van der Waals surface area contributed by atoms with Crippen LogP contribution >= 0.6 is 0 Å². The SMILES string of the molecule is CCCNc1nc(N2CCCC2)nc(C)c1C(C)C. The van der Waals surface area contributed by atoms with Gasteiger partial charge in [-0.3, -0.25) is 0 Å². The van der Waals surface area contributed by atoms with Gasteiger partial charge in [-0.05, 0) is 32.1 Å². The van der Waals surface area contributed by atoms with Gasteiger partial charge >= 0.3 is 0 Å². The van der Waals surface area contributed by atoms with Gasteiger partial charge in [-0.1, -0.05) is 20.8 Å². The van der Waals surface area contributed by atoms with Gasteiger partial charge in [0.05, 0.1) is 0 Å². The van der Waals surface area contributed by atoms with Crippen LogP contribution in [-0.4, -0.2) is 29.6 Å². The van der Waals surface area contributed by atoms with Crippen molar-refractivity contribution in [3.8, 4) is 0 Å². The molecule has 4 heteroatoms. The molecule has 1 aromatic rings. The second-order valence-electron chi connectivity index (χ2n) is 5.65. The zero-order valence-electron chi connectivity index (χ0n) is 12.7. The highest BCUT2D eigenvalue weighted by molar-refractivity contribution is 5.52. The molecule has 0 aromatic carbocycles. The Kier molecular flexibility index (Phi) is 4.61. The molecule has 0 bridgehead atoms. The van der Waals surface area contributed by atoms with E-state index in [1.54, 1.807) is 0 Å². The first kappa shape index (κ1) is 14.1. The number of aromatic nitrogens is 2. The van der Waals surface area contributed by atoms with Crippen LogP contribution in [-0.2, 0) is 0 Å². The van der Waals surface area contributed by atoms with Crippen molar-refractivity contribution in [1.82, 2.24) is 9.97 Å². The van der Waals surface area contributed by atoms with E-state index in [0.717, 1.165) is 43.5 Å². The van der Waals surface area contributed by atoms with Gasteiger partial charge in [0.1, 0.15) is 5.82 Å². The van der Waals surface area contributed by atoms with Crippen LogP contribution < -0.4 is 10.2 Å². The number of anilines is 2. The number of rotatable bonds is 5. The molecule has 2 rings (SSSR count). The predicted molar refractivity (Wildman–Crippen MR) is 81.1 cm³/mol. The summed E-state index contributed by atoms with van der Waals surface area (Å²) in [6.45, 7) is 11.8. The van der Waals surface area contributed by atoms with Crippen LogP contribution in [0.1, 0.15) is 57.2 Å². The maximum atomic E-state index is 4.78. The van der Waals surface area contributed by atoms with Gasteiger partial charge in [0.15, 0.2) is 0 Å². The van der Waals surface area contributed by atoms with E-state index < -0.39 is 0 Å². The number of hydrogen-bond donors (Lipinski definition) is 1. The Bertz CT molecular complexity index is 422. The van der Waals surface area contributed by atoms with Crippen molar-refractivity contribution < 1.29 is 0 Å². The van der Waals surface area contributed by atoms with Crippen molar-refractivity contribution in [3.63, 3.8) is 0 Å². The second kappa shape index (κ2) is 6.22. The average Bonchev–Trinajstić information content (AvgIpc) is 2.88. The van der Waals surface area contributed by atoms with Crippen molar-refractivity contribution in [1.29, 1.82) is 0 Å². The van der Waals surface area contributed by atoms with Crippen LogP contribution in [0.15, 0.2) is 0 Å². The van der Waals surface area contributed by atoms with Crippen molar-refractivity contribution >= 4 is 11.8 Å². The van der Waals surface area contributed by atoms with Crippen molar-refractivity contribution in [2.24, 2.45) is 0 Å². The van der Waals surface area contributed by atoms with Crippen molar-refractivity contribution in [3.05, 3.63) is 11.3 Å². The lowest BCUT2D eigenvalue weighted by molar-refractivity contribution is 0.808. The molecule has 19 heavy (non-hydrogen) atoms. The monoisotopic (exact) mass is 262 g/mol. The van der Waals surface area contributed by atoms with Crippen molar-refractivity contribution in [2.75, 3.05) is 29.9 Å². The largest absolute Gasteiger partial charge is 0.370 e. The summed E-state index contributed by atoms with van der Waals surface area (Å²) < 4.78 is 0. The lowest BCUT2D eigenvalue weighted by atomic mass is 10.0. The normalized spacial score (nSPS) is 15.3. The zero-order valence-corrected chi connectivity index (χ0v) is 12.7. The Morgan fingerprint density at radius 2 is 1.89 bits per heavy atom. The molecule has 1 aromatic heterocycles. The zero-order chi connectivity index (χ0) is 13.8. The molecule has 0 spiro atoms. The van der Waals surface area contributed by atoms with Gasteiger partial charge in [0.2, 0.25) is 5.95 Å². The molecule has 0 saturated carbocycles. The summed E-state index contributed by atoms with van der Waals surface area (Å²) in [6.07, 6.45) is 3.62. The summed E-state index contributed by atoms with van der Waals surface area (Å²) in [5.41, 5.74) is 2.38. The fourth-order valence-corrected chi connectivity index (χ4v) is 2.69. The molecular weight excluding hydrogens is 236 g/mol. The lowest BCUT2D eigenvalue weighted by Gasteiger charge is -2.21. The highest BCUT2D eigenvalue weighted by Crippen LogP contribution is 2.28. The molecule has 2 heterocycles. The molecule has 4 nitrogen and oxygen atoms in total. The van der Waals surface area contributed by atoms with E-state index in [1.165, 1.54) is 18.4 Å². The summed E-state index contributed by atoms with van der Waals surface area (Å²) in [5.74, 6) is 2.39. The standard InChI is InChI=1S/C15H26N4/c1-5-8-16-14-13(11(2)3)12(4)17-15(18-14)19-9-6-7-10-19/h11H,5-10H2,1-4H3,(H,16,17,18). The second-order valence-corrected chi connectivity index (χ2v) is 5.65. The van der Waals surface area contributed by atoms with E-state index in [0.29, 0.717) is 5.92 Å². The molecule has 106 valence electrons. The molecule has 1 saturated heterocycles. The van der Waals surface area contributed by atoms with Crippen LogP contribution in [0, 0.1) is 6.92 Å². The van der Waals surface area contributed by atoms with E-state index >= 15 is 0 Å². The smallest absolute Gasteiger partial charge is 0.227 e. The molecule has 1 aliphatic heterocycles. The maximum Gasteiger partial charge on any atom is 0.227 e. The molecule has 1 aliphatic rings. The first-order valence-corrected chi connectivity index (χ1v) is 7.50. The Balaban J connectivity index is 2.34. The van der Waals surface area contributed by atoms with Crippen molar-refractivity contribution in [2.45, 2.75) is 52.9 Å². The van der Waals surface area contributed by atoms with E-state index in [2.05, 4.69) is 37.9 Å². The molecule has 0 aliphatic carbocycles. The highest BCUT2D eigenvalue weighted by atomic mass is 15.3. The van der Waals surface area contributed by atoms with Gasteiger partial charge in [-0.2, -0.15) is 4.98 Å². The lowest BCUT2D eigenvalue weighted by Crippen LogP contribution is -2.22. The average molecular weight is 262 g/mol. The molecular formula is C15H26N4. The Morgan fingerprint density at radius 3 is 2.47 bits per heavy atom. The summed E-state index contributed by atoms with van der Waals surface area (Å²) in [4.78, 5) is 11.8. The highest BCUT2D eigenvalue weighted by Gasteiger charge is 2.19. The third-order valence-corrected chi connectivity index (χ3v) is 3.63. The summed E-state index contributed by atoms with van der Waals surface area (Å²) in [5, 5.41) is 3.47. The number of aryl methyl sites for hydroxylation is 1. The first-order valence-electron chi connectivity index (χ1n) is 7.50. The van der Waals surface area contributed by atoms with E-state index in [1.807, 2.05) is 0 Å². The molecule has 1 N–H and O–H groups in total. The first-order chi connectivity index (χ1) is 9.13. The van der Waals surface area contributed by atoms with Gasteiger partial charge in [0, 0.05) is 30.9 Å². The molecule has 1 fully saturated rings. The topological polar surface area (TPSA) is 41.1 Å². The minimum Gasteiger partial charge on any atom is -0.370 e. The van der Waals surface area contributed by atoms with Gasteiger partial charge in [-0.25, -0.2) is 4.98 Å². The fraction of sp³-hybridized carbons (Fsp3) is 0.733. The third-order valence-electron chi connectivity index (χ3n) is 3.63. The van der Waals surface area contributed by atoms with Crippen LogP contribution in [0.2, 0.25) is 0 Å². The summed E-state index contributed by atoms with van der Waals surface area (Å²) in [7, 11) is 0. The molecule has 0 amide bonds. The van der Waals surface area contributed by atoms with Crippen LogP contribution in [0.5, 0.6) is 0 Å². The van der Waals surface area contributed by atoms with Crippen LogP contribution in [0.25, 0.3) is 0 Å². The number of nitrogens with zero attached hydrogens (tertiary/aromatic N) is 3. The van der Waals surface area contributed by atoms with E-state index in [9.17, 15) is 0 Å². The van der Waals surface area contributed by atoms with Gasteiger partial charge in [-0.15, -0.1) is 0 Å². The van der Waals surface area contributed by atoms with E-state index in [4.69, 9.17) is 9.97 Å². The van der Waals surface area contributed by atoms with Gasteiger partial charge in [0.25, 0.3) is 0 Å². The maximum absolute atomic E-state index is 4.78. The molecule has 0 unspecified atom stereocenters. The van der Waals surface area contributed by atoms with E-state index in [-0.39, 0.29) is 0 Å². The van der Waals surface area contributed by atoms with Crippen LogP contribution in [0.4, 0.5) is 11.8 Å². The summed E-state index contributed by atoms with van der Waals surface area (Å²) in [6, 6.07) is 0. The molecule has 0 radical (unpaired) electrons. The minimum atomic E-state index is 0.451.